The first-order chi connectivity index (χ1) is 9.90. The zero-order valence-electron chi connectivity index (χ0n) is 12.0. The van der Waals surface area contributed by atoms with E-state index in [0.29, 0.717) is 6.54 Å². The van der Waals surface area contributed by atoms with Crippen molar-refractivity contribution in [3.8, 4) is 0 Å². The van der Waals surface area contributed by atoms with Gasteiger partial charge in [-0.2, -0.15) is 10.2 Å². The lowest BCUT2D eigenvalue weighted by Crippen LogP contribution is -2.31. The molecule has 2 heterocycles. The lowest BCUT2D eigenvalue weighted by Gasteiger charge is -2.12. The van der Waals surface area contributed by atoms with Crippen LogP contribution in [0.5, 0.6) is 0 Å². The molecule has 21 heavy (non-hydrogen) atoms. The molecule has 0 aliphatic rings. The molecule has 2 aromatic rings. The first-order valence-corrected chi connectivity index (χ1v) is 6.35. The van der Waals surface area contributed by atoms with Crippen LogP contribution in [0.2, 0.25) is 0 Å². The molecule has 0 spiro atoms. The second-order valence-corrected chi connectivity index (χ2v) is 4.68. The molecule has 9 nitrogen and oxygen atoms in total. The molecule has 1 N–H and O–H groups in total. The van der Waals surface area contributed by atoms with Gasteiger partial charge in [0.2, 0.25) is 5.91 Å². The molecular formula is C12H16N6O3. The molecule has 1 amide bonds. The molecule has 112 valence electrons. The Balaban J connectivity index is 2.04. The van der Waals surface area contributed by atoms with Gasteiger partial charge in [0, 0.05) is 13.2 Å². The standard InChI is InChI=1S/C12H16N6O3/c1-8-11(18(20)21)7-17(15-8)9(2)12(19)13-6-10-4-5-14-16(10)3/h4-5,7,9H,6H2,1-3H3,(H,13,19). The number of aromatic nitrogens is 4. The largest absolute Gasteiger partial charge is 0.349 e. The molecule has 9 heteroatoms. The van der Waals surface area contributed by atoms with Crippen LogP contribution in [0.4, 0.5) is 5.69 Å². The summed E-state index contributed by atoms with van der Waals surface area (Å²) in [5, 5.41) is 21.6. The lowest BCUT2D eigenvalue weighted by molar-refractivity contribution is -0.385. The molecule has 0 saturated heterocycles. The summed E-state index contributed by atoms with van der Waals surface area (Å²) in [5.74, 6) is -0.270. The number of hydrogen-bond acceptors (Lipinski definition) is 5. The third-order valence-corrected chi connectivity index (χ3v) is 3.23. The molecule has 0 radical (unpaired) electrons. The summed E-state index contributed by atoms with van der Waals surface area (Å²) in [6.07, 6.45) is 2.91. The van der Waals surface area contributed by atoms with E-state index in [1.165, 1.54) is 17.8 Å². The van der Waals surface area contributed by atoms with Gasteiger partial charge in [0.05, 0.1) is 17.2 Å². The smallest absolute Gasteiger partial charge is 0.309 e. The average molecular weight is 292 g/mol. The van der Waals surface area contributed by atoms with E-state index in [-0.39, 0.29) is 17.3 Å². The van der Waals surface area contributed by atoms with Crippen LogP contribution in [0.15, 0.2) is 18.5 Å². The fourth-order valence-electron chi connectivity index (χ4n) is 1.87. The van der Waals surface area contributed by atoms with Gasteiger partial charge in [-0.1, -0.05) is 0 Å². The maximum absolute atomic E-state index is 12.1. The molecule has 1 atom stereocenters. The number of amides is 1. The Morgan fingerprint density at radius 3 is 2.81 bits per heavy atom. The summed E-state index contributed by atoms with van der Waals surface area (Å²) >= 11 is 0. The van der Waals surface area contributed by atoms with Crippen LogP contribution in [-0.4, -0.2) is 30.4 Å². The first-order valence-electron chi connectivity index (χ1n) is 6.35. The molecule has 0 aliphatic carbocycles. The van der Waals surface area contributed by atoms with E-state index in [0.717, 1.165) is 5.69 Å². The number of nitro groups is 1. The van der Waals surface area contributed by atoms with Gasteiger partial charge in [0.1, 0.15) is 17.9 Å². The van der Waals surface area contributed by atoms with E-state index in [1.54, 1.807) is 30.9 Å². The van der Waals surface area contributed by atoms with Gasteiger partial charge in [-0.3, -0.25) is 24.3 Å². The van der Waals surface area contributed by atoms with Gasteiger partial charge in [0.15, 0.2) is 0 Å². The molecule has 2 aromatic heterocycles. The van der Waals surface area contributed by atoms with Crippen LogP contribution in [0, 0.1) is 17.0 Å². The highest BCUT2D eigenvalue weighted by Crippen LogP contribution is 2.18. The average Bonchev–Trinajstić information content (AvgIpc) is 3.01. The molecule has 0 saturated carbocycles. The van der Waals surface area contributed by atoms with Crippen molar-refractivity contribution in [2.45, 2.75) is 26.4 Å². The monoisotopic (exact) mass is 292 g/mol. The Labute approximate surface area is 120 Å². The van der Waals surface area contributed by atoms with Gasteiger partial charge in [-0.05, 0) is 19.9 Å². The molecule has 0 bridgehead atoms. The second kappa shape index (κ2) is 5.73. The van der Waals surface area contributed by atoms with Crippen molar-refractivity contribution in [1.82, 2.24) is 24.9 Å². The summed E-state index contributed by atoms with van der Waals surface area (Å²) < 4.78 is 2.96. The fraction of sp³-hybridized carbons (Fsp3) is 0.417. The lowest BCUT2D eigenvalue weighted by atomic mass is 10.3. The molecule has 0 fully saturated rings. The second-order valence-electron chi connectivity index (χ2n) is 4.68. The number of hydrogen-bond donors (Lipinski definition) is 1. The number of carbonyl (C=O) groups is 1. The number of rotatable bonds is 5. The molecule has 0 aliphatic heterocycles. The normalized spacial score (nSPS) is 12.1. The van der Waals surface area contributed by atoms with E-state index >= 15 is 0 Å². The van der Waals surface area contributed by atoms with E-state index in [4.69, 9.17) is 0 Å². The SMILES string of the molecule is Cc1nn(C(C)C(=O)NCc2ccnn2C)cc1[N+](=O)[O-]. The van der Waals surface area contributed by atoms with E-state index in [9.17, 15) is 14.9 Å². The van der Waals surface area contributed by atoms with Crippen molar-refractivity contribution < 1.29 is 9.72 Å². The van der Waals surface area contributed by atoms with Crippen molar-refractivity contribution in [1.29, 1.82) is 0 Å². The molecular weight excluding hydrogens is 276 g/mol. The minimum Gasteiger partial charge on any atom is -0.349 e. The van der Waals surface area contributed by atoms with Gasteiger partial charge in [0.25, 0.3) is 0 Å². The van der Waals surface area contributed by atoms with Crippen LogP contribution in [0.1, 0.15) is 24.4 Å². The third kappa shape index (κ3) is 3.07. The Morgan fingerprint density at radius 2 is 2.29 bits per heavy atom. The zero-order chi connectivity index (χ0) is 15.6. The summed E-state index contributed by atoms with van der Waals surface area (Å²) in [7, 11) is 1.78. The minimum atomic E-state index is -0.634. The highest BCUT2D eigenvalue weighted by atomic mass is 16.6. The summed E-state index contributed by atoms with van der Waals surface area (Å²) in [6, 6.07) is 1.17. The fourth-order valence-corrected chi connectivity index (χ4v) is 1.87. The zero-order valence-corrected chi connectivity index (χ0v) is 12.0. The van der Waals surface area contributed by atoms with E-state index < -0.39 is 11.0 Å². The number of nitrogens with zero attached hydrogens (tertiary/aromatic N) is 5. The van der Waals surface area contributed by atoms with E-state index in [2.05, 4.69) is 15.5 Å². The van der Waals surface area contributed by atoms with Crippen LogP contribution >= 0.6 is 0 Å². The van der Waals surface area contributed by atoms with Crippen LogP contribution in [0.25, 0.3) is 0 Å². The Bertz CT molecular complexity index is 674. The number of carbonyl (C=O) groups excluding carboxylic acids is 1. The summed E-state index contributed by atoms with van der Waals surface area (Å²) in [6.45, 7) is 3.51. The van der Waals surface area contributed by atoms with Crippen molar-refractivity contribution in [2.24, 2.45) is 7.05 Å². The summed E-state index contributed by atoms with van der Waals surface area (Å²) in [4.78, 5) is 22.3. The molecule has 1 unspecified atom stereocenters. The predicted octanol–water partition coefficient (Wildman–Crippen LogP) is 0.711. The highest BCUT2D eigenvalue weighted by Gasteiger charge is 2.22. The first kappa shape index (κ1) is 14.7. The minimum absolute atomic E-state index is 0.0960. The maximum atomic E-state index is 12.1. The number of nitrogens with one attached hydrogen (secondary N) is 1. The van der Waals surface area contributed by atoms with Gasteiger partial charge in [-0.25, -0.2) is 0 Å². The van der Waals surface area contributed by atoms with Crippen molar-refractivity contribution in [2.75, 3.05) is 0 Å². The third-order valence-electron chi connectivity index (χ3n) is 3.23. The van der Waals surface area contributed by atoms with Crippen LogP contribution in [-0.2, 0) is 18.4 Å². The van der Waals surface area contributed by atoms with Crippen LogP contribution in [0.3, 0.4) is 0 Å². The highest BCUT2D eigenvalue weighted by molar-refractivity contribution is 5.79. The molecule has 0 aromatic carbocycles. The summed E-state index contributed by atoms with van der Waals surface area (Å²) in [5.41, 5.74) is 1.05. The topological polar surface area (TPSA) is 108 Å². The predicted molar refractivity (Wildman–Crippen MR) is 73.4 cm³/mol. The van der Waals surface area contributed by atoms with Crippen molar-refractivity contribution in [3.63, 3.8) is 0 Å². The van der Waals surface area contributed by atoms with Crippen molar-refractivity contribution in [3.05, 3.63) is 40.0 Å². The van der Waals surface area contributed by atoms with Gasteiger partial charge in [-0.15, -0.1) is 0 Å². The Kier molecular flexibility index (Phi) is 4.01. The van der Waals surface area contributed by atoms with Crippen LogP contribution < -0.4 is 5.32 Å². The Morgan fingerprint density at radius 1 is 1.57 bits per heavy atom. The number of aryl methyl sites for hydroxylation is 2. The quantitative estimate of drug-likeness (QED) is 0.645. The Hall–Kier alpha value is -2.71. The van der Waals surface area contributed by atoms with Gasteiger partial charge >= 0.3 is 5.69 Å². The maximum Gasteiger partial charge on any atom is 0.309 e. The van der Waals surface area contributed by atoms with Crippen molar-refractivity contribution >= 4 is 11.6 Å². The van der Waals surface area contributed by atoms with Gasteiger partial charge < -0.3 is 5.32 Å². The van der Waals surface area contributed by atoms with E-state index in [1.807, 2.05) is 0 Å². The molecule has 2 rings (SSSR count).